The number of methoxy groups -OCH3 is 2. The van der Waals surface area contributed by atoms with E-state index in [1.54, 1.807) is 20.4 Å². The van der Waals surface area contributed by atoms with Gasteiger partial charge >= 0.3 is 0 Å². The normalized spacial score (nSPS) is 10.2. The maximum Gasteiger partial charge on any atom is 0.249 e. The second-order valence-corrected chi connectivity index (χ2v) is 5.55. The zero-order valence-corrected chi connectivity index (χ0v) is 14.8. The molecule has 0 saturated carbocycles. The molecule has 26 heavy (non-hydrogen) atoms. The summed E-state index contributed by atoms with van der Waals surface area (Å²) in [5.41, 5.74) is 2.05. The summed E-state index contributed by atoms with van der Waals surface area (Å²) < 4.78 is 10.4. The number of hydrogen-bond acceptors (Lipinski definition) is 7. The molecule has 7 heteroatoms. The minimum Gasteiger partial charge on any atom is -0.497 e. The molecule has 0 amide bonds. The minimum absolute atomic E-state index is 0.424. The molecule has 1 heterocycles. The summed E-state index contributed by atoms with van der Waals surface area (Å²) in [5, 5.41) is 14.4. The van der Waals surface area contributed by atoms with Crippen LogP contribution in [0.3, 0.4) is 0 Å². The summed E-state index contributed by atoms with van der Waals surface area (Å²) in [5.74, 6) is 2.71. The molecule has 0 radical (unpaired) electrons. The summed E-state index contributed by atoms with van der Waals surface area (Å²) >= 11 is 0. The Morgan fingerprint density at radius 1 is 0.962 bits per heavy atom. The van der Waals surface area contributed by atoms with Gasteiger partial charge in [-0.3, -0.25) is 0 Å². The number of ether oxygens (including phenoxy) is 2. The molecule has 0 aliphatic carbocycles. The van der Waals surface area contributed by atoms with E-state index in [4.69, 9.17) is 9.47 Å². The molecule has 0 spiro atoms. The van der Waals surface area contributed by atoms with Crippen molar-refractivity contribution in [2.24, 2.45) is 0 Å². The van der Waals surface area contributed by atoms with Crippen molar-refractivity contribution in [3.05, 3.63) is 60.3 Å². The number of rotatable bonds is 8. The van der Waals surface area contributed by atoms with E-state index in [-0.39, 0.29) is 0 Å². The van der Waals surface area contributed by atoms with Crippen molar-refractivity contribution in [1.29, 1.82) is 0 Å². The lowest BCUT2D eigenvalue weighted by atomic mass is 10.1. The van der Waals surface area contributed by atoms with Crippen LogP contribution in [-0.2, 0) is 6.42 Å². The summed E-state index contributed by atoms with van der Waals surface area (Å²) in [7, 11) is 3.29. The molecular formula is C19H21N5O2. The van der Waals surface area contributed by atoms with Crippen molar-refractivity contribution in [3.8, 4) is 11.5 Å². The predicted molar refractivity (Wildman–Crippen MR) is 101 cm³/mol. The molecule has 0 fully saturated rings. The fourth-order valence-corrected chi connectivity index (χ4v) is 2.40. The molecule has 1 aromatic heterocycles. The zero-order chi connectivity index (χ0) is 18.2. The van der Waals surface area contributed by atoms with E-state index in [1.807, 2.05) is 36.4 Å². The first-order chi connectivity index (χ1) is 12.8. The zero-order valence-electron chi connectivity index (χ0n) is 14.8. The Kier molecular flexibility index (Phi) is 5.82. The summed E-state index contributed by atoms with van der Waals surface area (Å²) in [6.45, 7) is 0.740. The molecule has 0 atom stereocenters. The number of anilines is 3. The van der Waals surface area contributed by atoms with Crippen LogP contribution < -0.4 is 20.1 Å². The SMILES string of the molecule is COc1ccc(CCNc2cnnc(Nc3cccc(OC)c3)n2)cc1. The highest BCUT2D eigenvalue weighted by Crippen LogP contribution is 2.19. The lowest BCUT2D eigenvalue weighted by Gasteiger charge is -2.09. The molecule has 2 aromatic carbocycles. The lowest BCUT2D eigenvalue weighted by Crippen LogP contribution is -2.08. The van der Waals surface area contributed by atoms with Gasteiger partial charge in [-0.15, -0.1) is 5.10 Å². The van der Waals surface area contributed by atoms with Gasteiger partial charge in [-0.2, -0.15) is 10.1 Å². The first-order valence-corrected chi connectivity index (χ1v) is 8.24. The van der Waals surface area contributed by atoms with Crippen LogP contribution in [0.5, 0.6) is 11.5 Å². The molecule has 7 nitrogen and oxygen atoms in total. The lowest BCUT2D eigenvalue weighted by molar-refractivity contribution is 0.414. The molecule has 2 N–H and O–H groups in total. The smallest absolute Gasteiger partial charge is 0.249 e. The fraction of sp³-hybridized carbons (Fsp3) is 0.211. The summed E-state index contributed by atoms with van der Waals surface area (Å²) in [6, 6.07) is 15.6. The number of aromatic nitrogens is 3. The van der Waals surface area contributed by atoms with Crippen molar-refractivity contribution < 1.29 is 9.47 Å². The Balaban J connectivity index is 1.56. The highest BCUT2D eigenvalue weighted by Gasteiger charge is 2.03. The van der Waals surface area contributed by atoms with E-state index in [0.29, 0.717) is 11.8 Å². The standard InChI is InChI=1S/C19H21N5O2/c1-25-16-8-6-14(7-9-16)10-11-20-18-13-21-24-19(23-18)22-15-4-3-5-17(12-15)26-2/h3-9,12-13H,10-11H2,1-2H3,(H2,20,22,23,24). The van der Waals surface area contributed by atoms with E-state index < -0.39 is 0 Å². The average molecular weight is 351 g/mol. The van der Waals surface area contributed by atoms with Gasteiger partial charge in [0.2, 0.25) is 5.95 Å². The first-order valence-electron chi connectivity index (χ1n) is 8.24. The van der Waals surface area contributed by atoms with Crippen LogP contribution in [-0.4, -0.2) is 35.9 Å². The van der Waals surface area contributed by atoms with E-state index in [0.717, 1.165) is 30.2 Å². The quantitative estimate of drug-likeness (QED) is 0.644. The van der Waals surface area contributed by atoms with Gasteiger partial charge in [0.1, 0.15) is 11.5 Å². The van der Waals surface area contributed by atoms with Gasteiger partial charge in [-0.1, -0.05) is 18.2 Å². The maximum absolute atomic E-state index is 5.21. The van der Waals surface area contributed by atoms with Crippen molar-refractivity contribution in [2.45, 2.75) is 6.42 Å². The van der Waals surface area contributed by atoms with Gasteiger partial charge in [-0.25, -0.2) is 0 Å². The van der Waals surface area contributed by atoms with Crippen molar-refractivity contribution in [3.63, 3.8) is 0 Å². The second-order valence-electron chi connectivity index (χ2n) is 5.55. The average Bonchev–Trinajstić information content (AvgIpc) is 2.69. The van der Waals surface area contributed by atoms with Gasteiger partial charge in [-0.05, 0) is 36.2 Å². The minimum atomic E-state index is 0.424. The van der Waals surface area contributed by atoms with Crippen LogP contribution in [0.2, 0.25) is 0 Å². The highest BCUT2D eigenvalue weighted by atomic mass is 16.5. The Labute approximate surface area is 152 Å². The third-order valence-electron chi connectivity index (χ3n) is 3.76. The maximum atomic E-state index is 5.21. The van der Waals surface area contributed by atoms with Crippen LogP contribution in [0.15, 0.2) is 54.7 Å². The Morgan fingerprint density at radius 3 is 2.54 bits per heavy atom. The Morgan fingerprint density at radius 2 is 1.77 bits per heavy atom. The Bertz CT molecular complexity index is 839. The molecule has 0 saturated heterocycles. The fourth-order valence-electron chi connectivity index (χ4n) is 2.40. The third-order valence-corrected chi connectivity index (χ3v) is 3.76. The van der Waals surface area contributed by atoms with Gasteiger partial charge in [0.15, 0.2) is 5.82 Å². The molecule has 0 unspecified atom stereocenters. The summed E-state index contributed by atoms with van der Waals surface area (Å²) in [4.78, 5) is 4.43. The predicted octanol–water partition coefficient (Wildman–Crippen LogP) is 3.29. The number of nitrogens with zero attached hydrogens (tertiary/aromatic N) is 3. The number of nitrogens with one attached hydrogen (secondary N) is 2. The van der Waals surface area contributed by atoms with Crippen molar-refractivity contribution in [2.75, 3.05) is 31.4 Å². The van der Waals surface area contributed by atoms with Crippen LogP contribution in [0.4, 0.5) is 17.5 Å². The topological polar surface area (TPSA) is 81.2 Å². The van der Waals surface area contributed by atoms with E-state index in [2.05, 4.69) is 37.9 Å². The van der Waals surface area contributed by atoms with Crippen molar-refractivity contribution >= 4 is 17.5 Å². The molecular weight excluding hydrogens is 330 g/mol. The van der Waals surface area contributed by atoms with Gasteiger partial charge in [0.25, 0.3) is 0 Å². The molecule has 0 aliphatic heterocycles. The van der Waals surface area contributed by atoms with Crippen LogP contribution >= 0.6 is 0 Å². The molecule has 134 valence electrons. The third kappa shape index (κ3) is 4.83. The number of hydrogen-bond donors (Lipinski definition) is 2. The molecule has 3 aromatic rings. The van der Waals surface area contributed by atoms with Gasteiger partial charge < -0.3 is 20.1 Å². The monoisotopic (exact) mass is 351 g/mol. The Hall–Kier alpha value is -3.35. The van der Waals surface area contributed by atoms with Crippen LogP contribution in [0.1, 0.15) is 5.56 Å². The molecule has 0 aliphatic rings. The first kappa shape index (κ1) is 17.5. The number of benzene rings is 2. The van der Waals surface area contributed by atoms with Crippen LogP contribution in [0, 0.1) is 0 Å². The van der Waals surface area contributed by atoms with E-state index >= 15 is 0 Å². The molecule has 3 rings (SSSR count). The van der Waals surface area contributed by atoms with Crippen molar-refractivity contribution in [1.82, 2.24) is 15.2 Å². The highest BCUT2D eigenvalue weighted by molar-refractivity contribution is 5.56. The van der Waals surface area contributed by atoms with E-state index in [9.17, 15) is 0 Å². The second kappa shape index (κ2) is 8.66. The molecule has 0 bridgehead atoms. The summed E-state index contributed by atoms with van der Waals surface area (Å²) in [6.07, 6.45) is 2.47. The van der Waals surface area contributed by atoms with Gasteiger partial charge in [0, 0.05) is 18.3 Å². The van der Waals surface area contributed by atoms with Crippen LogP contribution in [0.25, 0.3) is 0 Å². The van der Waals surface area contributed by atoms with Gasteiger partial charge in [0.05, 0.1) is 20.4 Å². The largest absolute Gasteiger partial charge is 0.497 e. The van der Waals surface area contributed by atoms with E-state index in [1.165, 1.54) is 5.56 Å².